The third-order valence-electron chi connectivity index (χ3n) is 3.25. The van der Waals surface area contributed by atoms with Crippen LogP contribution in [0.2, 0.25) is 0 Å². The Labute approximate surface area is 114 Å². The second-order valence-electron chi connectivity index (χ2n) is 5.18. The van der Waals surface area contributed by atoms with Crippen LogP contribution < -0.4 is 5.32 Å². The van der Waals surface area contributed by atoms with Gasteiger partial charge < -0.3 is 15.0 Å². The highest BCUT2D eigenvalue weighted by Gasteiger charge is 2.19. The number of aromatic nitrogens is 1. The average Bonchev–Trinajstić information content (AvgIpc) is 2.39. The molecule has 2 heterocycles. The van der Waals surface area contributed by atoms with Gasteiger partial charge in [0, 0.05) is 32.9 Å². The summed E-state index contributed by atoms with van der Waals surface area (Å²) in [5.74, 6) is 0.785. The fraction of sp³-hybridized carbons (Fsp3) is 0.571. The smallest absolute Gasteiger partial charge is 0.254 e. The lowest BCUT2D eigenvalue weighted by atomic mass is 10.0. The standard InChI is InChI=1S/C14H21N3O2/c1-10-8-12(6-7-19-10)16-13-5-4-11(9-15-13)14(18)17(2)3/h4-5,9-10,12H,6-8H2,1-3H3,(H,15,16). The van der Waals surface area contributed by atoms with Crippen molar-refractivity contribution in [2.45, 2.75) is 31.9 Å². The largest absolute Gasteiger partial charge is 0.378 e. The molecule has 0 aliphatic carbocycles. The zero-order valence-corrected chi connectivity index (χ0v) is 11.7. The number of rotatable bonds is 3. The Bertz CT molecular complexity index is 431. The topological polar surface area (TPSA) is 54.5 Å². The fourth-order valence-electron chi connectivity index (χ4n) is 2.20. The normalized spacial score (nSPS) is 22.9. The third kappa shape index (κ3) is 3.67. The van der Waals surface area contributed by atoms with E-state index in [1.807, 2.05) is 6.07 Å². The minimum atomic E-state index is -0.0289. The van der Waals surface area contributed by atoms with E-state index in [1.165, 1.54) is 0 Å². The number of anilines is 1. The van der Waals surface area contributed by atoms with E-state index in [2.05, 4.69) is 17.2 Å². The van der Waals surface area contributed by atoms with Gasteiger partial charge in [-0.25, -0.2) is 4.98 Å². The van der Waals surface area contributed by atoms with Crippen LogP contribution in [0.3, 0.4) is 0 Å². The van der Waals surface area contributed by atoms with E-state index in [4.69, 9.17) is 4.74 Å². The van der Waals surface area contributed by atoms with Crippen molar-refractivity contribution in [3.63, 3.8) is 0 Å². The summed E-state index contributed by atoms with van der Waals surface area (Å²) in [6.07, 6.45) is 3.89. The number of carbonyl (C=O) groups is 1. The highest BCUT2D eigenvalue weighted by atomic mass is 16.5. The molecule has 0 bridgehead atoms. The molecule has 2 unspecified atom stereocenters. The van der Waals surface area contributed by atoms with Crippen LogP contribution >= 0.6 is 0 Å². The summed E-state index contributed by atoms with van der Waals surface area (Å²) >= 11 is 0. The third-order valence-corrected chi connectivity index (χ3v) is 3.25. The first-order chi connectivity index (χ1) is 9.06. The van der Waals surface area contributed by atoms with Crippen LogP contribution in [-0.2, 0) is 4.74 Å². The minimum Gasteiger partial charge on any atom is -0.378 e. The molecule has 1 fully saturated rings. The zero-order chi connectivity index (χ0) is 13.8. The number of hydrogen-bond donors (Lipinski definition) is 1. The highest BCUT2D eigenvalue weighted by Crippen LogP contribution is 2.17. The summed E-state index contributed by atoms with van der Waals surface area (Å²) in [6.45, 7) is 2.87. The van der Waals surface area contributed by atoms with Gasteiger partial charge in [0.25, 0.3) is 5.91 Å². The molecule has 0 spiro atoms. The van der Waals surface area contributed by atoms with Gasteiger partial charge in [-0.3, -0.25) is 4.79 Å². The summed E-state index contributed by atoms with van der Waals surface area (Å²) in [5, 5.41) is 3.39. The van der Waals surface area contributed by atoms with Gasteiger partial charge in [0.15, 0.2) is 0 Å². The first-order valence-corrected chi connectivity index (χ1v) is 6.62. The molecule has 0 saturated carbocycles. The molecule has 5 heteroatoms. The Morgan fingerprint density at radius 3 is 2.84 bits per heavy atom. The van der Waals surface area contributed by atoms with Gasteiger partial charge >= 0.3 is 0 Å². The Hall–Kier alpha value is -1.62. The molecule has 19 heavy (non-hydrogen) atoms. The number of amides is 1. The van der Waals surface area contributed by atoms with E-state index in [0.29, 0.717) is 17.7 Å². The molecule has 1 aromatic heterocycles. The van der Waals surface area contributed by atoms with E-state index in [-0.39, 0.29) is 5.91 Å². The Morgan fingerprint density at radius 2 is 2.26 bits per heavy atom. The number of nitrogens with one attached hydrogen (secondary N) is 1. The predicted molar refractivity (Wildman–Crippen MR) is 74.3 cm³/mol. The van der Waals surface area contributed by atoms with Crippen molar-refractivity contribution in [3.05, 3.63) is 23.9 Å². The van der Waals surface area contributed by atoms with Gasteiger partial charge in [0.2, 0.25) is 0 Å². The molecular formula is C14H21N3O2. The SMILES string of the molecule is CC1CC(Nc2ccc(C(=O)N(C)C)cn2)CCO1. The van der Waals surface area contributed by atoms with Crippen molar-refractivity contribution in [1.29, 1.82) is 0 Å². The summed E-state index contributed by atoms with van der Waals surface area (Å²) < 4.78 is 5.51. The maximum atomic E-state index is 11.7. The molecule has 1 aliphatic heterocycles. The second-order valence-corrected chi connectivity index (χ2v) is 5.18. The van der Waals surface area contributed by atoms with Crippen LogP contribution in [0.5, 0.6) is 0 Å². The second kappa shape index (κ2) is 6.02. The van der Waals surface area contributed by atoms with E-state index in [9.17, 15) is 4.79 Å². The van der Waals surface area contributed by atoms with Crippen molar-refractivity contribution in [2.75, 3.05) is 26.0 Å². The fourth-order valence-corrected chi connectivity index (χ4v) is 2.20. The first kappa shape index (κ1) is 13.8. The molecule has 1 amide bonds. The molecule has 1 aliphatic rings. The van der Waals surface area contributed by atoms with Crippen LogP contribution in [0, 0.1) is 0 Å². The summed E-state index contributed by atoms with van der Waals surface area (Å²) in [4.78, 5) is 17.6. The van der Waals surface area contributed by atoms with Crippen molar-refractivity contribution in [3.8, 4) is 0 Å². The molecule has 1 N–H and O–H groups in total. The average molecular weight is 263 g/mol. The van der Waals surface area contributed by atoms with E-state index >= 15 is 0 Å². The monoisotopic (exact) mass is 263 g/mol. The summed E-state index contributed by atoms with van der Waals surface area (Å²) in [6, 6.07) is 4.06. The van der Waals surface area contributed by atoms with Crippen molar-refractivity contribution >= 4 is 11.7 Å². The van der Waals surface area contributed by atoms with E-state index in [0.717, 1.165) is 25.3 Å². The number of hydrogen-bond acceptors (Lipinski definition) is 4. The van der Waals surface area contributed by atoms with E-state index in [1.54, 1.807) is 31.3 Å². The molecule has 2 rings (SSSR count). The lowest BCUT2D eigenvalue weighted by Gasteiger charge is -2.28. The molecule has 2 atom stereocenters. The maximum Gasteiger partial charge on any atom is 0.254 e. The van der Waals surface area contributed by atoms with Gasteiger partial charge in [-0.1, -0.05) is 0 Å². The lowest BCUT2D eigenvalue weighted by Crippen LogP contribution is -2.32. The zero-order valence-electron chi connectivity index (χ0n) is 11.7. The van der Waals surface area contributed by atoms with Crippen molar-refractivity contribution in [2.24, 2.45) is 0 Å². The maximum absolute atomic E-state index is 11.7. The number of nitrogens with zero attached hydrogens (tertiary/aromatic N) is 2. The molecule has 1 aromatic rings. The van der Waals surface area contributed by atoms with Crippen LogP contribution in [0.15, 0.2) is 18.3 Å². The summed E-state index contributed by atoms with van der Waals surface area (Å²) in [5.41, 5.74) is 0.607. The lowest BCUT2D eigenvalue weighted by molar-refractivity contribution is 0.0232. The minimum absolute atomic E-state index is 0.0289. The molecule has 5 nitrogen and oxygen atoms in total. The van der Waals surface area contributed by atoms with Gasteiger partial charge in [-0.2, -0.15) is 0 Å². The molecular weight excluding hydrogens is 242 g/mol. The molecule has 104 valence electrons. The number of pyridine rings is 1. The van der Waals surface area contributed by atoms with Crippen molar-refractivity contribution in [1.82, 2.24) is 9.88 Å². The predicted octanol–water partition coefficient (Wildman–Crippen LogP) is 1.76. The van der Waals surface area contributed by atoms with Gasteiger partial charge in [-0.15, -0.1) is 0 Å². The van der Waals surface area contributed by atoms with Crippen LogP contribution in [0.25, 0.3) is 0 Å². The first-order valence-electron chi connectivity index (χ1n) is 6.62. The number of ether oxygens (including phenoxy) is 1. The quantitative estimate of drug-likeness (QED) is 0.903. The van der Waals surface area contributed by atoms with Gasteiger partial charge in [-0.05, 0) is 31.9 Å². The van der Waals surface area contributed by atoms with E-state index < -0.39 is 0 Å². The van der Waals surface area contributed by atoms with Gasteiger partial charge in [0.05, 0.1) is 11.7 Å². The molecule has 1 saturated heterocycles. The molecule has 0 radical (unpaired) electrons. The summed E-state index contributed by atoms with van der Waals surface area (Å²) in [7, 11) is 3.47. The van der Waals surface area contributed by atoms with Crippen LogP contribution in [0.4, 0.5) is 5.82 Å². The van der Waals surface area contributed by atoms with Gasteiger partial charge in [0.1, 0.15) is 5.82 Å². The van der Waals surface area contributed by atoms with Crippen LogP contribution in [0.1, 0.15) is 30.1 Å². The Kier molecular flexibility index (Phi) is 4.37. The number of carbonyl (C=O) groups excluding carboxylic acids is 1. The molecule has 0 aromatic carbocycles. The Balaban J connectivity index is 1.97. The van der Waals surface area contributed by atoms with Crippen LogP contribution in [-0.4, -0.2) is 48.6 Å². The Morgan fingerprint density at radius 1 is 1.47 bits per heavy atom. The highest BCUT2D eigenvalue weighted by molar-refractivity contribution is 5.93. The van der Waals surface area contributed by atoms with Crippen molar-refractivity contribution < 1.29 is 9.53 Å².